The molecule has 0 radical (unpaired) electrons. The van der Waals surface area contributed by atoms with Gasteiger partial charge in [0, 0.05) is 6.92 Å². The number of carbonyl (C=O) groups excluding carboxylic acids is 4. The third-order valence-electron chi connectivity index (χ3n) is 4.63. The predicted molar refractivity (Wildman–Crippen MR) is 99.9 cm³/mol. The normalized spacial score (nSPS) is 20.9. The lowest BCUT2D eigenvalue weighted by atomic mass is 9.95. The predicted octanol–water partition coefficient (Wildman–Crippen LogP) is 2.16. The van der Waals surface area contributed by atoms with Crippen LogP contribution in [0, 0.1) is 0 Å². The van der Waals surface area contributed by atoms with E-state index in [4.69, 9.17) is 9.47 Å². The monoisotopic (exact) mass is 390 g/mol. The van der Waals surface area contributed by atoms with Gasteiger partial charge in [-0.25, -0.2) is 14.5 Å². The number of carbonyl (C=O) groups is 4. The van der Waals surface area contributed by atoms with Crippen molar-refractivity contribution in [1.29, 1.82) is 0 Å². The van der Waals surface area contributed by atoms with E-state index in [1.807, 2.05) is 37.3 Å². The van der Waals surface area contributed by atoms with E-state index in [0.717, 1.165) is 10.5 Å². The highest BCUT2D eigenvalue weighted by atomic mass is 16.6. The molecule has 1 N–H and O–H groups in total. The van der Waals surface area contributed by atoms with Gasteiger partial charge in [-0.3, -0.25) is 9.59 Å². The minimum absolute atomic E-state index is 0.0792. The first-order valence-corrected chi connectivity index (χ1v) is 9.23. The molecule has 152 valence electrons. The summed E-state index contributed by atoms with van der Waals surface area (Å²) in [5.41, 5.74) is -0.471. The van der Waals surface area contributed by atoms with E-state index in [0.29, 0.717) is 12.8 Å². The summed E-state index contributed by atoms with van der Waals surface area (Å²) in [6.45, 7) is 6.23. The van der Waals surface area contributed by atoms with E-state index in [1.54, 1.807) is 6.92 Å². The third-order valence-corrected chi connectivity index (χ3v) is 4.63. The molecular formula is C20H26N2O6. The van der Waals surface area contributed by atoms with Gasteiger partial charge in [0.2, 0.25) is 11.8 Å². The Kier molecular flexibility index (Phi) is 6.77. The molecule has 1 aliphatic rings. The Balaban J connectivity index is 2.13. The Hall–Kier alpha value is -2.90. The fraction of sp³-hybridized carbons (Fsp3) is 0.500. The number of hydrogen-bond acceptors (Lipinski definition) is 6. The lowest BCUT2D eigenvalue weighted by molar-refractivity contribution is -0.155. The van der Waals surface area contributed by atoms with Gasteiger partial charge >= 0.3 is 12.1 Å². The van der Waals surface area contributed by atoms with Crippen LogP contribution in [0.3, 0.4) is 0 Å². The van der Waals surface area contributed by atoms with E-state index < -0.39 is 41.6 Å². The zero-order valence-corrected chi connectivity index (χ0v) is 16.6. The smallest absolute Gasteiger partial charge is 0.417 e. The van der Waals surface area contributed by atoms with E-state index in [2.05, 4.69) is 5.32 Å². The van der Waals surface area contributed by atoms with Gasteiger partial charge in [-0.15, -0.1) is 0 Å². The number of hydrogen-bond donors (Lipinski definition) is 1. The number of nitrogens with one attached hydrogen (secondary N) is 1. The first-order chi connectivity index (χ1) is 13.2. The number of amides is 3. The van der Waals surface area contributed by atoms with Gasteiger partial charge in [0.25, 0.3) is 0 Å². The summed E-state index contributed by atoms with van der Waals surface area (Å²) in [6.07, 6.45) is -0.738. The molecule has 0 saturated carbocycles. The molecule has 0 aromatic heterocycles. The van der Waals surface area contributed by atoms with Gasteiger partial charge in [-0.2, -0.15) is 0 Å². The number of nitrogens with zero attached hydrogens (tertiary/aromatic N) is 1. The van der Waals surface area contributed by atoms with Gasteiger partial charge in [0.1, 0.15) is 18.2 Å². The highest BCUT2D eigenvalue weighted by molar-refractivity contribution is 6.00. The van der Waals surface area contributed by atoms with Crippen molar-refractivity contribution in [3.05, 3.63) is 35.9 Å². The summed E-state index contributed by atoms with van der Waals surface area (Å²) < 4.78 is 10.4. The molecule has 3 atom stereocenters. The van der Waals surface area contributed by atoms with Crippen molar-refractivity contribution in [2.45, 2.75) is 64.8 Å². The second-order valence-corrected chi connectivity index (χ2v) is 7.06. The molecule has 28 heavy (non-hydrogen) atoms. The Labute approximate surface area is 164 Å². The van der Waals surface area contributed by atoms with Crippen molar-refractivity contribution < 1.29 is 28.7 Å². The standard InChI is InChI=1S/C20H26N2O6/c1-5-11-20(4,18(25)27-12-15-9-7-6-8-10-15)21-17(24)16-13(2)28-19(26)22(16)14(3)23/h6-10,13,16H,5,11-12H2,1-4H3,(H,21,24)/t13-,16+,20+/m1/s1. The fourth-order valence-corrected chi connectivity index (χ4v) is 3.20. The SMILES string of the molecule is CCC[C@](C)(NC(=O)[C@@H]1[C@@H](C)OC(=O)N1C(C)=O)C(=O)OCc1ccccc1. The largest absolute Gasteiger partial charge is 0.459 e. The maximum absolute atomic E-state index is 12.8. The van der Waals surface area contributed by atoms with Gasteiger partial charge in [0.05, 0.1) is 0 Å². The van der Waals surface area contributed by atoms with Crippen molar-refractivity contribution in [1.82, 2.24) is 10.2 Å². The van der Waals surface area contributed by atoms with Crippen molar-refractivity contribution >= 4 is 23.9 Å². The molecule has 3 amide bonds. The van der Waals surface area contributed by atoms with E-state index in [1.165, 1.54) is 13.8 Å². The van der Waals surface area contributed by atoms with Gasteiger partial charge in [-0.1, -0.05) is 43.7 Å². The summed E-state index contributed by atoms with van der Waals surface area (Å²) in [7, 11) is 0. The molecule has 1 aliphatic heterocycles. The third kappa shape index (κ3) is 4.68. The molecule has 0 aliphatic carbocycles. The van der Waals surface area contributed by atoms with Crippen LogP contribution in [0.4, 0.5) is 4.79 Å². The number of imide groups is 1. The second kappa shape index (κ2) is 8.86. The van der Waals surface area contributed by atoms with Gasteiger partial charge in [0.15, 0.2) is 6.04 Å². The number of esters is 1. The second-order valence-electron chi connectivity index (χ2n) is 7.06. The summed E-state index contributed by atoms with van der Waals surface area (Å²) in [6, 6.07) is 8.06. The van der Waals surface area contributed by atoms with Gasteiger partial charge in [-0.05, 0) is 25.8 Å². The van der Waals surface area contributed by atoms with Crippen LogP contribution < -0.4 is 5.32 Å². The van der Waals surface area contributed by atoms with E-state index in [-0.39, 0.29) is 6.61 Å². The minimum atomic E-state index is -1.30. The molecule has 1 aromatic carbocycles. The highest BCUT2D eigenvalue weighted by Crippen LogP contribution is 2.22. The zero-order chi connectivity index (χ0) is 20.9. The average Bonchev–Trinajstić information content (AvgIpc) is 2.94. The van der Waals surface area contributed by atoms with Crippen molar-refractivity contribution in [3.63, 3.8) is 0 Å². The van der Waals surface area contributed by atoms with Crippen LogP contribution in [0.15, 0.2) is 30.3 Å². The summed E-state index contributed by atoms with van der Waals surface area (Å²) in [5.74, 6) is -1.82. The maximum atomic E-state index is 12.8. The Morgan fingerprint density at radius 1 is 1.25 bits per heavy atom. The molecule has 1 heterocycles. The molecule has 1 saturated heterocycles. The minimum Gasteiger partial charge on any atom is -0.459 e. The first-order valence-electron chi connectivity index (χ1n) is 9.23. The van der Waals surface area contributed by atoms with Crippen LogP contribution in [0.2, 0.25) is 0 Å². The number of benzene rings is 1. The molecule has 0 spiro atoms. The lowest BCUT2D eigenvalue weighted by Crippen LogP contribution is -2.59. The van der Waals surface area contributed by atoms with Gasteiger partial charge < -0.3 is 14.8 Å². The lowest BCUT2D eigenvalue weighted by Gasteiger charge is -2.31. The highest BCUT2D eigenvalue weighted by Gasteiger charge is 2.48. The summed E-state index contributed by atoms with van der Waals surface area (Å²) in [5, 5.41) is 2.67. The molecule has 0 bridgehead atoms. The van der Waals surface area contributed by atoms with Crippen LogP contribution in [-0.2, 0) is 30.5 Å². The average molecular weight is 390 g/mol. The van der Waals surface area contributed by atoms with Crippen LogP contribution >= 0.6 is 0 Å². The van der Waals surface area contributed by atoms with Crippen LogP contribution in [0.1, 0.15) is 46.1 Å². The molecule has 1 fully saturated rings. The molecule has 1 aromatic rings. The van der Waals surface area contributed by atoms with Crippen LogP contribution in [0.5, 0.6) is 0 Å². The van der Waals surface area contributed by atoms with Crippen LogP contribution in [-0.4, -0.2) is 46.5 Å². The van der Waals surface area contributed by atoms with Crippen molar-refractivity contribution in [3.8, 4) is 0 Å². The molecule has 8 heteroatoms. The summed E-state index contributed by atoms with van der Waals surface area (Å²) >= 11 is 0. The topological polar surface area (TPSA) is 102 Å². The molecule has 2 rings (SSSR count). The molecule has 0 unspecified atom stereocenters. The number of cyclic esters (lactones) is 1. The van der Waals surface area contributed by atoms with Crippen LogP contribution in [0.25, 0.3) is 0 Å². The fourth-order valence-electron chi connectivity index (χ4n) is 3.20. The van der Waals surface area contributed by atoms with E-state index >= 15 is 0 Å². The number of rotatable bonds is 7. The Morgan fingerprint density at radius 2 is 1.89 bits per heavy atom. The Bertz CT molecular complexity index is 750. The first kappa shape index (κ1) is 21.4. The van der Waals surface area contributed by atoms with Crippen molar-refractivity contribution in [2.75, 3.05) is 0 Å². The summed E-state index contributed by atoms with van der Waals surface area (Å²) in [4.78, 5) is 49.9. The molecule has 8 nitrogen and oxygen atoms in total. The quantitative estimate of drug-likeness (QED) is 0.716. The zero-order valence-electron chi connectivity index (χ0n) is 16.6. The maximum Gasteiger partial charge on any atom is 0.417 e. The molecular weight excluding hydrogens is 364 g/mol. The van der Waals surface area contributed by atoms with Crippen molar-refractivity contribution in [2.24, 2.45) is 0 Å². The Morgan fingerprint density at radius 3 is 2.46 bits per heavy atom. The van der Waals surface area contributed by atoms with E-state index in [9.17, 15) is 19.2 Å². The number of ether oxygens (including phenoxy) is 2.